The summed E-state index contributed by atoms with van der Waals surface area (Å²) in [6, 6.07) is 9.84. The Morgan fingerprint density at radius 3 is 2.21 bits per heavy atom. The Labute approximate surface area is 114 Å². The van der Waals surface area contributed by atoms with Crippen LogP contribution >= 0.6 is 0 Å². The highest BCUT2D eigenvalue weighted by molar-refractivity contribution is 5.88. The third-order valence-corrected chi connectivity index (χ3v) is 3.16. The largest absolute Gasteiger partial charge is 0.481 e. The van der Waals surface area contributed by atoms with Gasteiger partial charge in [-0.2, -0.15) is 0 Å². The average molecular weight is 262 g/mol. The van der Waals surface area contributed by atoms with Gasteiger partial charge in [0.2, 0.25) is 0 Å². The Morgan fingerprint density at radius 2 is 1.74 bits per heavy atom. The van der Waals surface area contributed by atoms with E-state index in [9.17, 15) is 9.59 Å². The van der Waals surface area contributed by atoms with Crippen LogP contribution in [-0.4, -0.2) is 16.9 Å². The van der Waals surface area contributed by atoms with Gasteiger partial charge in [-0.3, -0.25) is 9.59 Å². The van der Waals surface area contributed by atoms with E-state index in [0.717, 1.165) is 12.0 Å². The van der Waals surface area contributed by atoms with E-state index < -0.39 is 17.3 Å². The van der Waals surface area contributed by atoms with E-state index in [4.69, 9.17) is 5.11 Å². The lowest BCUT2D eigenvalue weighted by molar-refractivity contribution is -0.142. The van der Waals surface area contributed by atoms with Gasteiger partial charge in [0.1, 0.15) is 5.78 Å². The van der Waals surface area contributed by atoms with Crippen molar-refractivity contribution in [2.24, 2.45) is 11.3 Å². The molecule has 104 valence electrons. The Bertz CT molecular complexity index is 429. The molecule has 0 amide bonds. The zero-order valence-electron chi connectivity index (χ0n) is 11.8. The highest BCUT2D eigenvalue weighted by atomic mass is 16.4. The molecule has 0 spiro atoms. The number of ketones is 1. The summed E-state index contributed by atoms with van der Waals surface area (Å²) >= 11 is 0. The molecular formula is C16H22O3. The maximum absolute atomic E-state index is 12.3. The number of rotatable bonds is 6. The normalized spacial score (nSPS) is 13.0. The predicted molar refractivity (Wildman–Crippen MR) is 75.0 cm³/mol. The number of hydrogen-bond acceptors (Lipinski definition) is 2. The van der Waals surface area contributed by atoms with E-state index in [0.29, 0.717) is 6.42 Å². The van der Waals surface area contributed by atoms with Gasteiger partial charge in [0.15, 0.2) is 0 Å². The van der Waals surface area contributed by atoms with Crippen LogP contribution in [0.4, 0.5) is 0 Å². The summed E-state index contributed by atoms with van der Waals surface area (Å²) < 4.78 is 0. The van der Waals surface area contributed by atoms with Gasteiger partial charge in [0.25, 0.3) is 0 Å². The van der Waals surface area contributed by atoms with Gasteiger partial charge in [-0.05, 0) is 18.4 Å². The molecule has 0 radical (unpaired) electrons. The predicted octanol–water partition coefficient (Wildman–Crippen LogP) is 3.33. The number of carboxylic acid groups (broad SMARTS) is 1. The number of carbonyl (C=O) groups is 2. The third-order valence-electron chi connectivity index (χ3n) is 3.16. The maximum Gasteiger partial charge on any atom is 0.304 e. The smallest absolute Gasteiger partial charge is 0.304 e. The van der Waals surface area contributed by atoms with Crippen LogP contribution in [0.1, 0.15) is 39.2 Å². The first-order valence-electron chi connectivity index (χ1n) is 6.60. The molecule has 1 atom stereocenters. The summed E-state index contributed by atoms with van der Waals surface area (Å²) in [7, 11) is 0. The number of carboxylic acids is 1. The molecule has 0 aliphatic heterocycles. The highest BCUT2D eigenvalue weighted by Gasteiger charge is 2.30. The van der Waals surface area contributed by atoms with Crippen molar-refractivity contribution in [3.05, 3.63) is 35.9 Å². The Kier molecular flexibility index (Phi) is 5.28. The van der Waals surface area contributed by atoms with Gasteiger partial charge in [-0.25, -0.2) is 0 Å². The molecule has 0 saturated carbocycles. The molecule has 1 N–H and O–H groups in total. The van der Waals surface area contributed by atoms with Crippen molar-refractivity contribution >= 4 is 11.8 Å². The molecule has 0 saturated heterocycles. The minimum atomic E-state index is -0.907. The molecule has 0 aliphatic rings. The van der Waals surface area contributed by atoms with Crippen molar-refractivity contribution in [3.8, 4) is 0 Å². The van der Waals surface area contributed by atoms with Crippen molar-refractivity contribution in [1.29, 1.82) is 0 Å². The number of aryl methyl sites for hydroxylation is 1. The monoisotopic (exact) mass is 262 g/mol. The van der Waals surface area contributed by atoms with E-state index >= 15 is 0 Å². The van der Waals surface area contributed by atoms with Crippen molar-refractivity contribution < 1.29 is 14.7 Å². The van der Waals surface area contributed by atoms with E-state index in [1.54, 1.807) is 0 Å². The molecule has 1 aromatic carbocycles. The number of hydrogen-bond donors (Lipinski definition) is 1. The third kappa shape index (κ3) is 5.25. The van der Waals surface area contributed by atoms with Crippen molar-refractivity contribution in [3.63, 3.8) is 0 Å². The molecule has 0 bridgehead atoms. The van der Waals surface area contributed by atoms with Crippen molar-refractivity contribution in [1.82, 2.24) is 0 Å². The molecule has 1 aromatic rings. The average Bonchev–Trinajstić information content (AvgIpc) is 2.33. The summed E-state index contributed by atoms with van der Waals surface area (Å²) in [6.07, 6.45) is 1.25. The van der Waals surface area contributed by atoms with Crippen LogP contribution in [0.25, 0.3) is 0 Å². The number of benzene rings is 1. The van der Waals surface area contributed by atoms with Crippen LogP contribution in [0.2, 0.25) is 0 Å². The SMILES string of the molecule is CC(C)(C)C(=O)[C@@H](CCc1ccccc1)CC(=O)O. The molecule has 19 heavy (non-hydrogen) atoms. The van der Waals surface area contributed by atoms with Gasteiger partial charge in [-0.15, -0.1) is 0 Å². The van der Waals surface area contributed by atoms with E-state index in [2.05, 4.69) is 0 Å². The lowest BCUT2D eigenvalue weighted by atomic mass is 9.79. The van der Waals surface area contributed by atoms with Crippen LogP contribution in [0.3, 0.4) is 0 Å². The van der Waals surface area contributed by atoms with E-state index in [1.807, 2.05) is 51.1 Å². The van der Waals surface area contributed by atoms with Gasteiger partial charge < -0.3 is 5.11 Å². The van der Waals surface area contributed by atoms with Gasteiger partial charge in [0.05, 0.1) is 6.42 Å². The summed E-state index contributed by atoms with van der Waals surface area (Å²) in [4.78, 5) is 23.2. The summed E-state index contributed by atoms with van der Waals surface area (Å²) in [5.41, 5.74) is 0.649. The molecule has 0 unspecified atom stereocenters. The lowest BCUT2D eigenvalue weighted by Gasteiger charge is -2.23. The minimum absolute atomic E-state index is 0.0332. The Hall–Kier alpha value is -1.64. The van der Waals surface area contributed by atoms with Crippen LogP contribution in [-0.2, 0) is 16.0 Å². The van der Waals surface area contributed by atoms with Crippen LogP contribution < -0.4 is 0 Å². The quantitative estimate of drug-likeness (QED) is 0.855. The van der Waals surface area contributed by atoms with Gasteiger partial charge in [0, 0.05) is 11.3 Å². The second-order valence-electron chi connectivity index (χ2n) is 5.93. The first-order valence-corrected chi connectivity index (χ1v) is 6.60. The topological polar surface area (TPSA) is 54.4 Å². The standard InChI is InChI=1S/C16H22O3/c1-16(2,3)15(19)13(11-14(17)18)10-9-12-7-5-4-6-8-12/h4-8,13H,9-11H2,1-3H3,(H,17,18)/t13-/m0/s1. The first-order chi connectivity index (χ1) is 8.80. The number of carbonyl (C=O) groups excluding carboxylic acids is 1. The fourth-order valence-corrected chi connectivity index (χ4v) is 2.13. The summed E-state index contributed by atoms with van der Waals surface area (Å²) in [5, 5.41) is 8.94. The van der Waals surface area contributed by atoms with Gasteiger partial charge in [-0.1, -0.05) is 51.1 Å². The minimum Gasteiger partial charge on any atom is -0.481 e. The van der Waals surface area contributed by atoms with Crippen LogP contribution in [0.15, 0.2) is 30.3 Å². The molecule has 0 aliphatic carbocycles. The zero-order valence-corrected chi connectivity index (χ0v) is 11.8. The highest BCUT2D eigenvalue weighted by Crippen LogP contribution is 2.25. The van der Waals surface area contributed by atoms with Crippen LogP contribution in [0, 0.1) is 11.3 Å². The van der Waals surface area contributed by atoms with Crippen molar-refractivity contribution in [2.45, 2.75) is 40.0 Å². The Balaban J connectivity index is 2.70. The molecular weight excluding hydrogens is 240 g/mol. The first kappa shape index (κ1) is 15.4. The number of aliphatic carboxylic acids is 1. The molecule has 0 heterocycles. The molecule has 0 aromatic heterocycles. The molecule has 3 nitrogen and oxygen atoms in total. The maximum atomic E-state index is 12.3. The molecule has 3 heteroatoms. The zero-order chi connectivity index (χ0) is 14.5. The van der Waals surface area contributed by atoms with E-state index in [-0.39, 0.29) is 12.2 Å². The van der Waals surface area contributed by atoms with E-state index in [1.165, 1.54) is 0 Å². The fourth-order valence-electron chi connectivity index (χ4n) is 2.13. The fraction of sp³-hybridized carbons (Fsp3) is 0.500. The summed E-state index contributed by atoms with van der Waals surface area (Å²) in [5.74, 6) is -1.28. The second-order valence-corrected chi connectivity index (χ2v) is 5.93. The molecule has 1 rings (SSSR count). The van der Waals surface area contributed by atoms with Crippen LogP contribution in [0.5, 0.6) is 0 Å². The second kappa shape index (κ2) is 6.50. The lowest BCUT2D eigenvalue weighted by Crippen LogP contribution is -2.30. The van der Waals surface area contributed by atoms with Crippen molar-refractivity contribution in [2.75, 3.05) is 0 Å². The number of Topliss-reactive ketones (excluding diaryl/α,β-unsaturated/α-hetero) is 1. The molecule has 0 fully saturated rings. The Morgan fingerprint density at radius 1 is 1.16 bits per heavy atom. The van der Waals surface area contributed by atoms with Gasteiger partial charge >= 0.3 is 5.97 Å². The summed E-state index contributed by atoms with van der Waals surface area (Å²) in [6.45, 7) is 5.52.